The summed E-state index contributed by atoms with van der Waals surface area (Å²) in [4.78, 5) is 23.0. The van der Waals surface area contributed by atoms with Crippen LogP contribution in [0.2, 0.25) is 5.02 Å². The average Bonchev–Trinajstić information content (AvgIpc) is 2.56. The zero-order valence-electron chi connectivity index (χ0n) is 12.7. The van der Waals surface area contributed by atoms with Crippen LogP contribution < -0.4 is 9.47 Å². The third-order valence-electron chi connectivity index (χ3n) is 3.20. The lowest BCUT2D eigenvalue weighted by Crippen LogP contribution is -2.10. The van der Waals surface area contributed by atoms with E-state index in [9.17, 15) is 9.59 Å². The highest BCUT2D eigenvalue weighted by molar-refractivity contribution is 6.31. The molecule has 6 heteroatoms. The smallest absolute Gasteiger partial charge is 0.437 e. The number of halogens is 1. The highest BCUT2D eigenvalue weighted by atomic mass is 35.5. The van der Waals surface area contributed by atoms with E-state index in [-0.39, 0.29) is 5.75 Å². The summed E-state index contributed by atoms with van der Waals surface area (Å²) in [6, 6.07) is 6.62. The number of ether oxygens (including phenoxy) is 3. The van der Waals surface area contributed by atoms with E-state index in [0.29, 0.717) is 33.5 Å². The molecule has 0 aliphatic heterocycles. The van der Waals surface area contributed by atoms with Gasteiger partial charge in [0, 0.05) is 21.9 Å². The summed E-state index contributed by atoms with van der Waals surface area (Å²) >= 11 is 6.02. The van der Waals surface area contributed by atoms with Gasteiger partial charge in [-0.2, -0.15) is 0 Å². The van der Waals surface area contributed by atoms with Crippen LogP contribution >= 0.6 is 11.6 Å². The fourth-order valence-electron chi connectivity index (χ4n) is 2.13. The van der Waals surface area contributed by atoms with E-state index < -0.39 is 12.1 Å². The quantitative estimate of drug-likeness (QED) is 0.361. The molecule has 2 aromatic carbocycles. The van der Waals surface area contributed by atoms with Crippen molar-refractivity contribution in [2.45, 2.75) is 13.3 Å². The second-order valence-electron chi connectivity index (χ2n) is 4.59. The lowest BCUT2D eigenvalue weighted by Gasteiger charge is -2.15. The monoisotopic (exact) mass is 334 g/mol. The molecule has 0 radical (unpaired) electrons. The number of esters is 1. The highest BCUT2D eigenvalue weighted by Gasteiger charge is 2.18. The van der Waals surface area contributed by atoms with Gasteiger partial charge in [0.25, 0.3) is 0 Å². The van der Waals surface area contributed by atoms with Gasteiger partial charge >= 0.3 is 12.1 Å². The molecule has 0 fully saturated rings. The second kappa shape index (κ2) is 7.15. The van der Waals surface area contributed by atoms with Gasteiger partial charge in [-0.05, 0) is 36.2 Å². The summed E-state index contributed by atoms with van der Waals surface area (Å²) < 4.78 is 15.1. The van der Waals surface area contributed by atoms with Gasteiger partial charge in [-0.3, -0.25) is 0 Å². The minimum Gasteiger partial charge on any atom is -0.437 e. The van der Waals surface area contributed by atoms with Gasteiger partial charge in [0.1, 0.15) is 11.5 Å². The summed E-state index contributed by atoms with van der Waals surface area (Å²) in [6.07, 6.45) is 0.805. The van der Waals surface area contributed by atoms with Gasteiger partial charge in [-0.1, -0.05) is 25.1 Å². The Labute approximate surface area is 138 Å². The minimum atomic E-state index is -0.843. The molecule has 23 heavy (non-hydrogen) atoms. The van der Waals surface area contributed by atoms with Gasteiger partial charge in [0.15, 0.2) is 0 Å². The Morgan fingerprint density at radius 3 is 2.57 bits per heavy atom. The predicted octanol–water partition coefficient (Wildman–Crippen LogP) is 4.29. The Morgan fingerprint density at radius 1 is 1.22 bits per heavy atom. The van der Waals surface area contributed by atoms with Crippen molar-refractivity contribution in [2.24, 2.45) is 0 Å². The molecule has 0 saturated carbocycles. The van der Waals surface area contributed by atoms with Gasteiger partial charge < -0.3 is 14.2 Å². The van der Waals surface area contributed by atoms with Crippen LogP contribution in [0.3, 0.4) is 0 Å². The largest absolute Gasteiger partial charge is 0.513 e. The summed E-state index contributed by atoms with van der Waals surface area (Å²) in [5.74, 6) is 0.100. The van der Waals surface area contributed by atoms with Crippen molar-refractivity contribution >= 4 is 34.5 Å². The number of carbonyl (C=O) groups is 2. The number of hydrogen-bond donors (Lipinski definition) is 0. The van der Waals surface area contributed by atoms with E-state index in [2.05, 4.69) is 11.3 Å². The third-order valence-corrected chi connectivity index (χ3v) is 3.43. The zero-order valence-corrected chi connectivity index (χ0v) is 13.5. The molecule has 5 nitrogen and oxygen atoms in total. The number of fused-ring (bicyclic) bond motifs is 1. The fraction of sp³-hybridized carbons (Fsp3) is 0.176. The molecular formula is C17H15ClO5. The van der Waals surface area contributed by atoms with E-state index >= 15 is 0 Å². The molecule has 0 saturated heterocycles. The third kappa shape index (κ3) is 3.63. The molecular weight excluding hydrogens is 320 g/mol. The Balaban J connectivity index is 2.71. The SMILES string of the molecule is C=CC(=O)Oc1c(CC)cc(OC(=O)OC)c2cc(Cl)ccc12. The Bertz CT molecular complexity index is 782. The Kier molecular flexibility index (Phi) is 5.24. The predicted molar refractivity (Wildman–Crippen MR) is 87.2 cm³/mol. The lowest BCUT2D eigenvalue weighted by molar-refractivity contribution is -0.128. The Morgan fingerprint density at radius 2 is 1.96 bits per heavy atom. The van der Waals surface area contributed by atoms with Crippen molar-refractivity contribution in [3.8, 4) is 11.5 Å². The lowest BCUT2D eigenvalue weighted by atomic mass is 10.0. The molecule has 0 amide bonds. The number of rotatable bonds is 4. The minimum absolute atomic E-state index is 0.282. The molecule has 0 N–H and O–H groups in total. The molecule has 0 heterocycles. The first kappa shape index (κ1) is 16.8. The van der Waals surface area contributed by atoms with Gasteiger partial charge in [-0.15, -0.1) is 0 Å². The average molecular weight is 335 g/mol. The first-order valence-electron chi connectivity index (χ1n) is 6.85. The van der Waals surface area contributed by atoms with Crippen LogP contribution in [0.4, 0.5) is 4.79 Å². The van der Waals surface area contributed by atoms with Crippen molar-refractivity contribution in [3.63, 3.8) is 0 Å². The summed E-state index contributed by atoms with van der Waals surface area (Å²) in [5, 5.41) is 1.59. The number of hydrogen-bond acceptors (Lipinski definition) is 5. The van der Waals surface area contributed by atoms with Crippen molar-refractivity contribution in [1.29, 1.82) is 0 Å². The molecule has 0 aliphatic carbocycles. The summed E-state index contributed by atoms with van der Waals surface area (Å²) in [7, 11) is 1.22. The number of carbonyl (C=O) groups excluding carboxylic acids is 2. The standard InChI is InChI=1S/C17H15ClO5/c1-4-10-8-14(22-17(20)21-3)13-9-11(18)6-7-12(13)16(10)23-15(19)5-2/h5-9H,2,4H2,1,3H3. The summed E-state index contributed by atoms with van der Waals surface area (Å²) in [5.41, 5.74) is 0.703. The van der Waals surface area contributed by atoms with Crippen molar-refractivity contribution in [2.75, 3.05) is 7.11 Å². The fourth-order valence-corrected chi connectivity index (χ4v) is 2.31. The van der Waals surface area contributed by atoms with Gasteiger partial charge in [0.2, 0.25) is 0 Å². The van der Waals surface area contributed by atoms with Crippen LogP contribution in [0.15, 0.2) is 36.9 Å². The van der Waals surface area contributed by atoms with Crippen LogP contribution in [0.5, 0.6) is 11.5 Å². The highest BCUT2D eigenvalue weighted by Crippen LogP contribution is 2.38. The molecule has 0 bridgehead atoms. The summed E-state index contributed by atoms with van der Waals surface area (Å²) in [6.45, 7) is 5.29. The first-order valence-corrected chi connectivity index (χ1v) is 7.23. The number of aryl methyl sites for hydroxylation is 1. The topological polar surface area (TPSA) is 61.8 Å². The second-order valence-corrected chi connectivity index (χ2v) is 5.02. The van der Waals surface area contributed by atoms with E-state index in [1.165, 1.54) is 7.11 Å². The zero-order chi connectivity index (χ0) is 17.0. The molecule has 2 aromatic rings. The van der Waals surface area contributed by atoms with Crippen molar-refractivity contribution in [3.05, 3.63) is 47.5 Å². The van der Waals surface area contributed by atoms with E-state index in [4.69, 9.17) is 21.1 Å². The van der Waals surface area contributed by atoms with Crippen LogP contribution in [0.1, 0.15) is 12.5 Å². The molecule has 0 atom stereocenters. The van der Waals surface area contributed by atoms with E-state index in [0.717, 1.165) is 6.08 Å². The van der Waals surface area contributed by atoms with Crippen LogP contribution in [0, 0.1) is 0 Å². The van der Waals surface area contributed by atoms with Crippen LogP contribution in [-0.2, 0) is 16.0 Å². The molecule has 120 valence electrons. The van der Waals surface area contributed by atoms with E-state index in [1.54, 1.807) is 24.3 Å². The molecule has 0 aliphatic rings. The van der Waals surface area contributed by atoms with Crippen LogP contribution in [0.25, 0.3) is 10.8 Å². The Hall–Kier alpha value is -2.53. The van der Waals surface area contributed by atoms with Crippen LogP contribution in [-0.4, -0.2) is 19.2 Å². The molecule has 0 unspecified atom stereocenters. The van der Waals surface area contributed by atoms with Crippen molar-refractivity contribution in [1.82, 2.24) is 0 Å². The van der Waals surface area contributed by atoms with Crippen molar-refractivity contribution < 1.29 is 23.8 Å². The van der Waals surface area contributed by atoms with E-state index in [1.807, 2.05) is 6.92 Å². The first-order chi connectivity index (χ1) is 11.0. The molecule has 2 rings (SSSR count). The molecule has 0 aromatic heterocycles. The normalized spacial score (nSPS) is 10.2. The van der Waals surface area contributed by atoms with Gasteiger partial charge in [-0.25, -0.2) is 9.59 Å². The number of methoxy groups -OCH3 is 1. The number of benzene rings is 2. The maximum absolute atomic E-state index is 11.6. The maximum Gasteiger partial charge on any atom is 0.513 e. The maximum atomic E-state index is 11.6. The molecule has 0 spiro atoms. The van der Waals surface area contributed by atoms with Gasteiger partial charge in [0.05, 0.1) is 7.11 Å².